The average molecular weight is 266 g/mol. The maximum Gasteiger partial charge on any atom is 0.132 e. The summed E-state index contributed by atoms with van der Waals surface area (Å²) in [4.78, 5) is 0. The van der Waals surface area contributed by atoms with Gasteiger partial charge in [0, 0.05) is 24.4 Å². The SMILES string of the molecule is CCCn1nccc1C(O)c1cc(C)c(F)cc1F. The number of nitrogens with zero attached hydrogens (tertiary/aromatic N) is 2. The smallest absolute Gasteiger partial charge is 0.132 e. The standard InChI is InChI=1S/C14H16F2N2O/c1-3-6-18-13(4-5-17-18)14(19)10-7-9(2)11(15)8-12(10)16/h4-5,7-8,14,19H,3,6H2,1-2H3. The molecule has 5 heteroatoms. The molecule has 1 unspecified atom stereocenters. The number of halogens is 2. The molecule has 3 nitrogen and oxygen atoms in total. The van der Waals surface area contributed by atoms with E-state index < -0.39 is 17.7 Å². The largest absolute Gasteiger partial charge is 0.382 e. The molecule has 0 radical (unpaired) electrons. The summed E-state index contributed by atoms with van der Waals surface area (Å²) in [6.07, 6.45) is 1.27. The van der Waals surface area contributed by atoms with Crippen LogP contribution in [0.2, 0.25) is 0 Å². The second kappa shape index (κ2) is 5.48. The summed E-state index contributed by atoms with van der Waals surface area (Å²) in [5.74, 6) is -1.37. The molecule has 0 spiro atoms. The van der Waals surface area contributed by atoms with Crippen molar-refractivity contribution in [1.82, 2.24) is 9.78 Å². The summed E-state index contributed by atoms with van der Waals surface area (Å²) in [6, 6.07) is 3.77. The van der Waals surface area contributed by atoms with Gasteiger partial charge in [-0.25, -0.2) is 8.78 Å². The molecule has 0 saturated heterocycles. The van der Waals surface area contributed by atoms with Crippen molar-refractivity contribution in [1.29, 1.82) is 0 Å². The van der Waals surface area contributed by atoms with Gasteiger partial charge in [-0.3, -0.25) is 4.68 Å². The van der Waals surface area contributed by atoms with Crippen LogP contribution in [0, 0.1) is 18.6 Å². The summed E-state index contributed by atoms with van der Waals surface area (Å²) in [7, 11) is 0. The van der Waals surface area contributed by atoms with Crippen LogP contribution in [0.15, 0.2) is 24.4 Å². The van der Waals surface area contributed by atoms with Crippen LogP contribution in [0.4, 0.5) is 8.78 Å². The second-order valence-corrected chi connectivity index (χ2v) is 4.50. The van der Waals surface area contributed by atoms with E-state index in [4.69, 9.17) is 0 Å². The van der Waals surface area contributed by atoms with Gasteiger partial charge in [0.25, 0.3) is 0 Å². The minimum atomic E-state index is -1.15. The van der Waals surface area contributed by atoms with Gasteiger partial charge in [0.05, 0.1) is 5.69 Å². The Morgan fingerprint density at radius 3 is 2.74 bits per heavy atom. The van der Waals surface area contributed by atoms with Crippen LogP contribution < -0.4 is 0 Å². The molecule has 0 amide bonds. The van der Waals surface area contributed by atoms with Gasteiger partial charge >= 0.3 is 0 Å². The molecular formula is C14H16F2N2O. The van der Waals surface area contributed by atoms with Crippen LogP contribution in [0.3, 0.4) is 0 Å². The molecule has 2 rings (SSSR count). The third-order valence-corrected chi connectivity index (χ3v) is 3.04. The molecule has 1 heterocycles. The van der Waals surface area contributed by atoms with E-state index in [-0.39, 0.29) is 5.56 Å². The first kappa shape index (κ1) is 13.7. The molecule has 0 fully saturated rings. The van der Waals surface area contributed by atoms with Crippen LogP contribution in [-0.2, 0) is 6.54 Å². The number of hydrogen-bond acceptors (Lipinski definition) is 2. The minimum absolute atomic E-state index is 0.0664. The third kappa shape index (κ3) is 2.66. The fourth-order valence-corrected chi connectivity index (χ4v) is 2.02. The lowest BCUT2D eigenvalue weighted by Gasteiger charge is -2.15. The Morgan fingerprint density at radius 2 is 2.05 bits per heavy atom. The predicted octanol–water partition coefficient (Wildman–Crippen LogP) is 2.96. The Labute approximate surface area is 110 Å². The highest BCUT2D eigenvalue weighted by Crippen LogP contribution is 2.26. The molecule has 102 valence electrons. The Kier molecular flexibility index (Phi) is 3.95. The zero-order chi connectivity index (χ0) is 14.0. The summed E-state index contributed by atoms with van der Waals surface area (Å²) in [5.41, 5.74) is 0.875. The number of aliphatic hydroxyl groups is 1. The van der Waals surface area contributed by atoms with Gasteiger partial charge in [-0.2, -0.15) is 5.10 Å². The fourth-order valence-electron chi connectivity index (χ4n) is 2.02. The van der Waals surface area contributed by atoms with Crippen LogP contribution >= 0.6 is 0 Å². The Hall–Kier alpha value is -1.75. The quantitative estimate of drug-likeness (QED) is 0.924. The summed E-state index contributed by atoms with van der Waals surface area (Å²) in [6.45, 7) is 4.16. The molecular weight excluding hydrogens is 250 g/mol. The number of aliphatic hydroxyl groups excluding tert-OH is 1. The molecule has 1 aromatic carbocycles. The second-order valence-electron chi connectivity index (χ2n) is 4.50. The van der Waals surface area contributed by atoms with Crippen molar-refractivity contribution >= 4 is 0 Å². The Balaban J connectivity index is 2.41. The molecule has 0 aliphatic rings. The molecule has 0 saturated carbocycles. The van der Waals surface area contributed by atoms with Gasteiger partial charge in [-0.05, 0) is 31.0 Å². The van der Waals surface area contributed by atoms with Crippen molar-refractivity contribution in [3.63, 3.8) is 0 Å². The lowest BCUT2D eigenvalue weighted by atomic mass is 10.0. The summed E-state index contributed by atoms with van der Waals surface area (Å²) in [5, 5.41) is 14.3. The highest BCUT2D eigenvalue weighted by molar-refractivity contribution is 5.31. The van der Waals surface area contributed by atoms with Crippen LogP contribution in [-0.4, -0.2) is 14.9 Å². The van der Waals surface area contributed by atoms with Crippen LogP contribution in [0.25, 0.3) is 0 Å². The van der Waals surface area contributed by atoms with E-state index in [9.17, 15) is 13.9 Å². The average Bonchev–Trinajstić information content (AvgIpc) is 2.82. The van der Waals surface area contributed by atoms with Gasteiger partial charge in [-0.1, -0.05) is 6.92 Å². The Morgan fingerprint density at radius 1 is 1.32 bits per heavy atom. The van der Waals surface area contributed by atoms with Crippen molar-refractivity contribution < 1.29 is 13.9 Å². The van der Waals surface area contributed by atoms with Crippen molar-refractivity contribution in [3.05, 3.63) is 52.9 Å². The number of hydrogen-bond donors (Lipinski definition) is 1. The van der Waals surface area contributed by atoms with Gasteiger partial charge in [-0.15, -0.1) is 0 Å². The lowest BCUT2D eigenvalue weighted by Crippen LogP contribution is -2.11. The van der Waals surface area contributed by atoms with Gasteiger partial charge in [0.2, 0.25) is 0 Å². The predicted molar refractivity (Wildman–Crippen MR) is 67.7 cm³/mol. The molecule has 2 aromatic rings. The zero-order valence-corrected chi connectivity index (χ0v) is 10.9. The number of aryl methyl sites for hydroxylation is 2. The van der Waals surface area contributed by atoms with Crippen molar-refractivity contribution in [2.24, 2.45) is 0 Å². The molecule has 0 bridgehead atoms. The van der Waals surface area contributed by atoms with Crippen molar-refractivity contribution in [2.45, 2.75) is 32.9 Å². The molecule has 19 heavy (non-hydrogen) atoms. The maximum absolute atomic E-state index is 13.8. The maximum atomic E-state index is 13.8. The first-order valence-electron chi connectivity index (χ1n) is 6.20. The highest BCUT2D eigenvalue weighted by atomic mass is 19.1. The van der Waals surface area contributed by atoms with E-state index in [0.717, 1.165) is 12.5 Å². The molecule has 0 aliphatic heterocycles. The van der Waals surface area contributed by atoms with Crippen molar-refractivity contribution in [2.75, 3.05) is 0 Å². The Bertz CT molecular complexity index is 581. The van der Waals surface area contributed by atoms with Gasteiger partial charge in [0.15, 0.2) is 0 Å². The number of rotatable bonds is 4. The van der Waals surface area contributed by atoms with E-state index in [1.54, 1.807) is 16.9 Å². The van der Waals surface area contributed by atoms with E-state index in [0.29, 0.717) is 17.8 Å². The first-order valence-corrected chi connectivity index (χ1v) is 6.20. The van der Waals surface area contributed by atoms with E-state index in [1.165, 1.54) is 13.0 Å². The van der Waals surface area contributed by atoms with Crippen LogP contribution in [0.1, 0.15) is 36.3 Å². The highest BCUT2D eigenvalue weighted by Gasteiger charge is 2.20. The molecule has 1 atom stereocenters. The third-order valence-electron chi connectivity index (χ3n) is 3.04. The minimum Gasteiger partial charge on any atom is -0.382 e. The van der Waals surface area contributed by atoms with Crippen molar-refractivity contribution in [3.8, 4) is 0 Å². The molecule has 1 aromatic heterocycles. The molecule has 0 aliphatic carbocycles. The molecule has 1 N–H and O–H groups in total. The number of aromatic nitrogens is 2. The topological polar surface area (TPSA) is 38.0 Å². The van der Waals surface area contributed by atoms with Gasteiger partial charge < -0.3 is 5.11 Å². The fraction of sp³-hybridized carbons (Fsp3) is 0.357. The van der Waals surface area contributed by atoms with Gasteiger partial charge in [0.1, 0.15) is 17.7 Å². The van der Waals surface area contributed by atoms with E-state index in [2.05, 4.69) is 5.10 Å². The summed E-state index contributed by atoms with van der Waals surface area (Å²) >= 11 is 0. The summed E-state index contributed by atoms with van der Waals surface area (Å²) < 4.78 is 28.6. The van der Waals surface area contributed by atoms with E-state index >= 15 is 0 Å². The zero-order valence-electron chi connectivity index (χ0n) is 10.9. The monoisotopic (exact) mass is 266 g/mol. The lowest BCUT2D eigenvalue weighted by molar-refractivity contribution is 0.202. The number of benzene rings is 1. The van der Waals surface area contributed by atoms with E-state index in [1.807, 2.05) is 6.92 Å². The normalized spacial score (nSPS) is 12.7. The van der Waals surface area contributed by atoms with Crippen LogP contribution in [0.5, 0.6) is 0 Å². The first-order chi connectivity index (χ1) is 9.04.